The monoisotopic (exact) mass is 307 g/mol. The van der Waals surface area contributed by atoms with Crippen molar-refractivity contribution in [1.82, 2.24) is 14.9 Å². The number of thioether (sulfide) groups is 1. The first kappa shape index (κ1) is 14.6. The fourth-order valence-corrected chi connectivity index (χ4v) is 4.13. The van der Waals surface area contributed by atoms with E-state index in [0.717, 1.165) is 13.0 Å². The van der Waals surface area contributed by atoms with Crippen LogP contribution in [-0.4, -0.2) is 51.0 Å². The largest absolute Gasteiger partial charge is 0.471 e. The molecule has 6 heteroatoms. The van der Waals surface area contributed by atoms with Crippen molar-refractivity contribution < 1.29 is 9.53 Å². The summed E-state index contributed by atoms with van der Waals surface area (Å²) in [6.45, 7) is 1.45. The molecule has 1 aliphatic heterocycles. The zero-order valence-corrected chi connectivity index (χ0v) is 12.9. The van der Waals surface area contributed by atoms with Crippen LogP contribution in [0, 0.1) is 0 Å². The number of carbonyl (C=O) groups is 1. The SMILES string of the molecule is O=C(CSC1CCCC1)N1CCC(Oc2cnccn2)C1. The predicted octanol–water partition coefficient (Wildman–Crippen LogP) is 2.13. The summed E-state index contributed by atoms with van der Waals surface area (Å²) in [6.07, 6.45) is 11.0. The normalized spacial score (nSPS) is 22.7. The summed E-state index contributed by atoms with van der Waals surface area (Å²) in [5.41, 5.74) is 0. The number of hydrogen-bond acceptors (Lipinski definition) is 5. The number of rotatable bonds is 5. The van der Waals surface area contributed by atoms with Crippen molar-refractivity contribution in [2.75, 3.05) is 18.8 Å². The van der Waals surface area contributed by atoms with Crippen molar-refractivity contribution in [3.63, 3.8) is 0 Å². The highest BCUT2D eigenvalue weighted by molar-refractivity contribution is 8.00. The van der Waals surface area contributed by atoms with Crippen molar-refractivity contribution in [2.24, 2.45) is 0 Å². The summed E-state index contributed by atoms with van der Waals surface area (Å²) in [5, 5.41) is 0.697. The molecule has 1 aromatic rings. The van der Waals surface area contributed by atoms with Gasteiger partial charge in [-0.25, -0.2) is 4.98 Å². The third kappa shape index (κ3) is 4.09. The van der Waals surface area contributed by atoms with Crippen LogP contribution in [0.15, 0.2) is 18.6 Å². The van der Waals surface area contributed by atoms with Crippen molar-refractivity contribution in [2.45, 2.75) is 43.5 Å². The Morgan fingerprint density at radius 1 is 1.33 bits per heavy atom. The van der Waals surface area contributed by atoms with Gasteiger partial charge in [-0.1, -0.05) is 12.8 Å². The lowest BCUT2D eigenvalue weighted by molar-refractivity contribution is -0.127. The van der Waals surface area contributed by atoms with Gasteiger partial charge >= 0.3 is 0 Å². The van der Waals surface area contributed by atoms with Gasteiger partial charge in [0, 0.05) is 30.6 Å². The van der Waals surface area contributed by atoms with Gasteiger partial charge in [0.05, 0.1) is 18.5 Å². The maximum Gasteiger partial charge on any atom is 0.232 e. The number of amides is 1. The molecule has 1 saturated heterocycles. The van der Waals surface area contributed by atoms with E-state index in [-0.39, 0.29) is 12.0 Å². The third-order valence-corrected chi connectivity index (χ3v) is 5.43. The highest BCUT2D eigenvalue weighted by Crippen LogP contribution is 2.29. The van der Waals surface area contributed by atoms with E-state index in [4.69, 9.17) is 4.74 Å². The molecular formula is C15H21N3O2S. The first-order valence-corrected chi connectivity index (χ1v) is 8.68. The average molecular weight is 307 g/mol. The van der Waals surface area contributed by atoms with Crippen molar-refractivity contribution in [1.29, 1.82) is 0 Å². The summed E-state index contributed by atoms with van der Waals surface area (Å²) >= 11 is 1.83. The maximum atomic E-state index is 12.2. The van der Waals surface area contributed by atoms with E-state index in [0.29, 0.717) is 23.4 Å². The van der Waals surface area contributed by atoms with Crippen LogP contribution in [0.3, 0.4) is 0 Å². The van der Waals surface area contributed by atoms with Gasteiger partial charge in [-0.3, -0.25) is 9.78 Å². The molecular weight excluding hydrogens is 286 g/mol. The molecule has 5 nitrogen and oxygen atoms in total. The van der Waals surface area contributed by atoms with E-state index < -0.39 is 0 Å². The molecule has 21 heavy (non-hydrogen) atoms. The maximum absolute atomic E-state index is 12.2. The Balaban J connectivity index is 1.42. The second-order valence-corrected chi connectivity index (χ2v) is 6.92. The number of likely N-dealkylation sites (tertiary alicyclic amines) is 1. The molecule has 1 aliphatic carbocycles. The molecule has 0 spiro atoms. The van der Waals surface area contributed by atoms with Gasteiger partial charge in [0.25, 0.3) is 0 Å². The van der Waals surface area contributed by atoms with Gasteiger partial charge in [-0.15, -0.1) is 11.8 Å². The van der Waals surface area contributed by atoms with Crippen LogP contribution in [0.4, 0.5) is 0 Å². The Morgan fingerprint density at radius 2 is 2.19 bits per heavy atom. The number of aromatic nitrogens is 2. The molecule has 3 rings (SSSR count). The van der Waals surface area contributed by atoms with Crippen LogP contribution >= 0.6 is 11.8 Å². The summed E-state index contributed by atoms with van der Waals surface area (Å²) in [7, 11) is 0. The minimum atomic E-state index is 0.0436. The van der Waals surface area contributed by atoms with Crippen molar-refractivity contribution >= 4 is 17.7 Å². The van der Waals surface area contributed by atoms with Gasteiger partial charge < -0.3 is 9.64 Å². The molecule has 0 radical (unpaired) electrons. The van der Waals surface area contributed by atoms with Gasteiger partial charge in [0.1, 0.15) is 6.10 Å². The van der Waals surface area contributed by atoms with Crippen molar-refractivity contribution in [3.8, 4) is 5.88 Å². The van der Waals surface area contributed by atoms with Crippen LogP contribution < -0.4 is 4.74 Å². The molecule has 1 unspecified atom stereocenters. The zero-order chi connectivity index (χ0) is 14.5. The van der Waals surface area contributed by atoms with E-state index in [1.54, 1.807) is 18.6 Å². The quantitative estimate of drug-likeness (QED) is 0.834. The fraction of sp³-hybridized carbons (Fsp3) is 0.667. The number of ether oxygens (including phenoxy) is 1. The summed E-state index contributed by atoms with van der Waals surface area (Å²) in [5.74, 6) is 1.40. The molecule has 1 aromatic heterocycles. The van der Waals surface area contributed by atoms with Crippen LogP contribution in [0.1, 0.15) is 32.1 Å². The second-order valence-electron chi connectivity index (χ2n) is 5.63. The highest BCUT2D eigenvalue weighted by atomic mass is 32.2. The smallest absolute Gasteiger partial charge is 0.232 e. The molecule has 2 heterocycles. The molecule has 0 N–H and O–H groups in total. The van der Waals surface area contributed by atoms with E-state index in [1.165, 1.54) is 25.7 Å². The molecule has 1 atom stereocenters. The van der Waals surface area contributed by atoms with Crippen LogP contribution in [0.2, 0.25) is 0 Å². The molecule has 2 fully saturated rings. The predicted molar refractivity (Wildman–Crippen MR) is 82.4 cm³/mol. The molecule has 0 bridgehead atoms. The second kappa shape index (κ2) is 7.11. The van der Waals surface area contributed by atoms with E-state index in [9.17, 15) is 4.79 Å². The topological polar surface area (TPSA) is 55.3 Å². The minimum absolute atomic E-state index is 0.0436. The number of nitrogens with zero attached hydrogens (tertiary/aromatic N) is 3. The zero-order valence-electron chi connectivity index (χ0n) is 12.1. The lowest BCUT2D eigenvalue weighted by atomic mass is 10.3. The first-order valence-electron chi connectivity index (χ1n) is 7.63. The highest BCUT2D eigenvalue weighted by Gasteiger charge is 2.28. The van der Waals surface area contributed by atoms with E-state index in [2.05, 4.69) is 9.97 Å². The van der Waals surface area contributed by atoms with Gasteiger partial charge in [0.2, 0.25) is 11.8 Å². The Bertz CT molecular complexity index is 465. The molecule has 1 saturated carbocycles. The summed E-state index contributed by atoms with van der Waals surface area (Å²) in [4.78, 5) is 22.2. The van der Waals surface area contributed by atoms with Gasteiger partial charge in [-0.2, -0.15) is 0 Å². The third-order valence-electron chi connectivity index (χ3n) is 4.07. The van der Waals surface area contributed by atoms with Crippen LogP contribution in [-0.2, 0) is 4.79 Å². The summed E-state index contributed by atoms with van der Waals surface area (Å²) < 4.78 is 5.76. The fourth-order valence-electron chi connectivity index (χ4n) is 2.90. The average Bonchev–Trinajstić information content (AvgIpc) is 3.17. The van der Waals surface area contributed by atoms with Gasteiger partial charge in [-0.05, 0) is 12.8 Å². The number of carbonyl (C=O) groups excluding carboxylic acids is 1. The minimum Gasteiger partial charge on any atom is -0.471 e. The van der Waals surface area contributed by atoms with Gasteiger partial charge in [0.15, 0.2) is 0 Å². The standard InChI is InChI=1S/C15H21N3O2S/c19-15(11-21-13-3-1-2-4-13)18-8-5-12(10-18)20-14-9-16-6-7-17-14/h6-7,9,12-13H,1-5,8,10-11H2. The van der Waals surface area contributed by atoms with Crippen LogP contribution in [0.5, 0.6) is 5.88 Å². The Morgan fingerprint density at radius 3 is 2.95 bits per heavy atom. The lowest BCUT2D eigenvalue weighted by Gasteiger charge is -2.17. The Kier molecular flexibility index (Phi) is 4.95. The number of hydrogen-bond donors (Lipinski definition) is 0. The Labute approximate surface area is 129 Å². The molecule has 114 valence electrons. The summed E-state index contributed by atoms with van der Waals surface area (Å²) in [6, 6.07) is 0. The first-order chi connectivity index (χ1) is 10.3. The molecule has 0 aromatic carbocycles. The van der Waals surface area contributed by atoms with Crippen molar-refractivity contribution in [3.05, 3.63) is 18.6 Å². The Hall–Kier alpha value is -1.30. The lowest BCUT2D eigenvalue weighted by Crippen LogP contribution is -2.32. The molecule has 1 amide bonds. The van der Waals surface area contributed by atoms with Crippen LogP contribution in [0.25, 0.3) is 0 Å². The van der Waals surface area contributed by atoms with E-state index >= 15 is 0 Å². The van der Waals surface area contributed by atoms with E-state index in [1.807, 2.05) is 16.7 Å². The molecule has 2 aliphatic rings.